The fourth-order valence-electron chi connectivity index (χ4n) is 3.14. The van der Waals surface area contributed by atoms with Gasteiger partial charge in [0.25, 0.3) is 0 Å². The van der Waals surface area contributed by atoms with Crippen molar-refractivity contribution in [2.45, 2.75) is 52.7 Å². The fraction of sp³-hybridized carbons (Fsp3) is 0.625. The quantitative estimate of drug-likeness (QED) is 0.884. The maximum atomic E-state index is 9.40. The summed E-state index contributed by atoms with van der Waals surface area (Å²) in [4.78, 5) is 0. The van der Waals surface area contributed by atoms with Crippen LogP contribution >= 0.6 is 0 Å². The molecule has 1 aliphatic rings. The van der Waals surface area contributed by atoms with E-state index in [1.165, 1.54) is 6.42 Å². The van der Waals surface area contributed by atoms with Crippen LogP contribution in [0.15, 0.2) is 18.2 Å². The molecule has 1 aromatic carbocycles. The molecule has 1 aliphatic carbocycles. The van der Waals surface area contributed by atoms with Crippen molar-refractivity contribution in [3.05, 3.63) is 29.3 Å². The van der Waals surface area contributed by atoms with Crippen LogP contribution in [0.3, 0.4) is 0 Å². The molecule has 0 aliphatic heterocycles. The van der Waals surface area contributed by atoms with Gasteiger partial charge in [0.05, 0.1) is 12.7 Å². The van der Waals surface area contributed by atoms with Gasteiger partial charge in [0, 0.05) is 5.56 Å². The van der Waals surface area contributed by atoms with Crippen LogP contribution in [0.2, 0.25) is 0 Å². The molecule has 2 rings (SSSR count). The summed E-state index contributed by atoms with van der Waals surface area (Å²) >= 11 is 0. The largest absolute Gasteiger partial charge is 0.490 e. The lowest BCUT2D eigenvalue weighted by Gasteiger charge is -2.32. The predicted octanol–water partition coefficient (Wildman–Crippen LogP) is 3.69. The zero-order valence-corrected chi connectivity index (χ0v) is 11.6. The van der Waals surface area contributed by atoms with E-state index in [1.807, 2.05) is 25.1 Å². The molecule has 0 amide bonds. The van der Waals surface area contributed by atoms with Gasteiger partial charge in [-0.3, -0.25) is 0 Å². The van der Waals surface area contributed by atoms with E-state index in [-0.39, 0.29) is 6.61 Å². The molecule has 0 aromatic heterocycles. The number of para-hydroxylation sites is 1. The van der Waals surface area contributed by atoms with Crippen molar-refractivity contribution in [3.8, 4) is 5.75 Å². The maximum absolute atomic E-state index is 9.40. The number of hydrogen-bond acceptors (Lipinski definition) is 2. The summed E-state index contributed by atoms with van der Waals surface area (Å²) in [5.41, 5.74) is 2.02. The minimum Gasteiger partial charge on any atom is -0.490 e. The zero-order valence-electron chi connectivity index (χ0n) is 11.6. The first kappa shape index (κ1) is 13.4. The topological polar surface area (TPSA) is 29.5 Å². The van der Waals surface area contributed by atoms with Crippen molar-refractivity contribution in [2.75, 3.05) is 0 Å². The molecular formula is C16H24O2. The number of ether oxygens (including phenoxy) is 1. The Morgan fingerprint density at radius 3 is 2.44 bits per heavy atom. The second-order valence-electron chi connectivity index (χ2n) is 5.88. The van der Waals surface area contributed by atoms with E-state index in [2.05, 4.69) is 13.8 Å². The van der Waals surface area contributed by atoms with E-state index in [0.29, 0.717) is 6.10 Å². The van der Waals surface area contributed by atoms with Gasteiger partial charge in [-0.2, -0.15) is 0 Å². The van der Waals surface area contributed by atoms with E-state index in [1.54, 1.807) is 0 Å². The molecule has 1 aromatic rings. The Labute approximate surface area is 110 Å². The van der Waals surface area contributed by atoms with Gasteiger partial charge in [-0.05, 0) is 43.6 Å². The Hall–Kier alpha value is -1.02. The Morgan fingerprint density at radius 2 is 1.83 bits per heavy atom. The van der Waals surface area contributed by atoms with Gasteiger partial charge in [-0.15, -0.1) is 0 Å². The molecule has 0 spiro atoms. The summed E-state index contributed by atoms with van der Waals surface area (Å²) in [5.74, 6) is 2.37. The standard InChI is InChI=1S/C16H24O2/c1-11-7-12(2)9-15(8-11)18-16-13(3)5-4-6-14(16)10-17/h4-6,11-12,15,17H,7-10H2,1-3H3. The summed E-state index contributed by atoms with van der Waals surface area (Å²) in [6.07, 6.45) is 3.86. The normalized spacial score (nSPS) is 28.1. The third-order valence-electron chi connectivity index (χ3n) is 3.88. The van der Waals surface area contributed by atoms with Crippen molar-refractivity contribution in [2.24, 2.45) is 11.8 Å². The van der Waals surface area contributed by atoms with Crippen molar-refractivity contribution in [3.63, 3.8) is 0 Å². The lowest BCUT2D eigenvalue weighted by Crippen LogP contribution is -2.29. The van der Waals surface area contributed by atoms with Gasteiger partial charge in [0.2, 0.25) is 0 Å². The predicted molar refractivity (Wildman–Crippen MR) is 73.7 cm³/mol. The van der Waals surface area contributed by atoms with E-state index < -0.39 is 0 Å². The van der Waals surface area contributed by atoms with Crippen LogP contribution in [-0.4, -0.2) is 11.2 Å². The molecule has 18 heavy (non-hydrogen) atoms. The molecule has 1 saturated carbocycles. The first-order valence-electron chi connectivity index (χ1n) is 6.96. The summed E-state index contributed by atoms with van der Waals surface area (Å²) in [6.45, 7) is 6.70. The Bertz CT molecular complexity index is 390. The van der Waals surface area contributed by atoms with Gasteiger partial charge >= 0.3 is 0 Å². The minimum absolute atomic E-state index is 0.0504. The van der Waals surface area contributed by atoms with Gasteiger partial charge < -0.3 is 9.84 Å². The molecule has 1 fully saturated rings. The van der Waals surface area contributed by atoms with Crippen LogP contribution < -0.4 is 4.74 Å². The monoisotopic (exact) mass is 248 g/mol. The Morgan fingerprint density at radius 1 is 1.17 bits per heavy atom. The molecule has 0 radical (unpaired) electrons. The highest BCUT2D eigenvalue weighted by Gasteiger charge is 2.26. The Balaban J connectivity index is 2.13. The van der Waals surface area contributed by atoms with E-state index in [4.69, 9.17) is 4.74 Å². The Kier molecular flexibility index (Phi) is 4.28. The summed E-state index contributed by atoms with van der Waals surface area (Å²) in [6, 6.07) is 5.96. The first-order valence-corrected chi connectivity index (χ1v) is 6.96. The average Bonchev–Trinajstić information content (AvgIpc) is 2.30. The molecular weight excluding hydrogens is 224 g/mol. The average molecular weight is 248 g/mol. The van der Waals surface area contributed by atoms with Crippen LogP contribution in [0, 0.1) is 18.8 Å². The van der Waals surface area contributed by atoms with E-state index in [0.717, 1.165) is 41.6 Å². The van der Waals surface area contributed by atoms with Crippen LogP contribution in [-0.2, 0) is 6.61 Å². The van der Waals surface area contributed by atoms with E-state index >= 15 is 0 Å². The maximum Gasteiger partial charge on any atom is 0.128 e. The zero-order chi connectivity index (χ0) is 13.1. The van der Waals surface area contributed by atoms with Crippen LogP contribution in [0.25, 0.3) is 0 Å². The summed E-state index contributed by atoms with van der Waals surface area (Å²) in [5, 5.41) is 9.40. The SMILES string of the molecule is Cc1cccc(CO)c1OC1CC(C)CC(C)C1. The highest BCUT2D eigenvalue weighted by molar-refractivity contribution is 5.40. The van der Waals surface area contributed by atoms with E-state index in [9.17, 15) is 5.11 Å². The highest BCUT2D eigenvalue weighted by atomic mass is 16.5. The molecule has 2 nitrogen and oxygen atoms in total. The molecule has 1 N–H and O–H groups in total. The smallest absolute Gasteiger partial charge is 0.128 e. The molecule has 0 heterocycles. The third kappa shape index (κ3) is 3.05. The molecule has 2 unspecified atom stereocenters. The highest BCUT2D eigenvalue weighted by Crippen LogP contribution is 2.33. The second-order valence-corrected chi connectivity index (χ2v) is 5.88. The summed E-state index contributed by atoms with van der Waals surface area (Å²) < 4.78 is 6.19. The van der Waals surface area contributed by atoms with Crippen molar-refractivity contribution in [1.29, 1.82) is 0 Å². The van der Waals surface area contributed by atoms with Crippen LogP contribution in [0.5, 0.6) is 5.75 Å². The van der Waals surface area contributed by atoms with Gasteiger partial charge in [-0.1, -0.05) is 32.0 Å². The van der Waals surface area contributed by atoms with Crippen molar-refractivity contribution < 1.29 is 9.84 Å². The number of aliphatic hydroxyl groups excluding tert-OH is 1. The molecule has 2 atom stereocenters. The van der Waals surface area contributed by atoms with Crippen molar-refractivity contribution >= 4 is 0 Å². The molecule has 2 heteroatoms. The number of rotatable bonds is 3. The number of hydrogen-bond donors (Lipinski definition) is 1. The molecule has 100 valence electrons. The number of aryl methyl sites for hydroxylation is 1. The molecule has 0 bridgehead atoms. The second kappa shape index (κ2) is 5.75. The van der Waals surface area contributed by atoms with Crippen LogP contribution in [0.1, 0.15) is 44.2 Å². The lowest BCUT2D eigenvalue weighted by atomic mass is 9.82. The summed E-state index contributed by atoms with van der Waals surface area (Å²) in [7, 11) is 0. The first-order chi connectivity index (χ1) is 8.60. The van der Waals surface area contributed by atoms with Crippen molar-refractivity contribution in [1.82, 2.24) is 0 Å². The van der Waals surface area contributed by atoms with Gasteiger partial charge in [0.1, 0.15) is 5.75 Å². The van der Waals surface area contributed by atoms with Gasteiger partial charge in [-0.25, -0.2) is 0 Å². The van der Waals surface area contributed by atoms with Gasteiger partial charge in [0.15, 0.2) is 0 Å². The number of aliphatic hydroxyl groups is 1. The fourth-order valence-corrected chi connectivity index (χ4v) is 3.14. The van der Waals surface area contributed by atoms with Crippen LogP contribution in [0.4, 0.5) is 0 Å². The molecule has 0 saturated heterocycles. The lowest BCUT2D eigenvalue weighted by molar-refractivity contribution is 0.0977. The minimum atomic E-state index is 0.0504. The third-order valence-corrected chi connectivity index (χ3v) is 3.88. The number of benzene rings is 1.